The Morgan fingerprint density at radius 1 is 1.22 bits per heavy atom. The minimum Gasteiger partial charge on any atom is -0.373 e. The van der Waals surface area contributed by atoms with Crippen LogP contribution in [0.4, 0.5) is 23.3 Å². The van der Waals surface area contributed by atoms with Crippen LogP contribution in [0.2, 0.25) is 0 Å². The summed E-state index contributed by atoms with van der Waals surface area (Å²) in [5, 5.41) is 2.97. The highest BCUT2D eigenvalue weighted by Gasteiger charge is 2.10. The van der Waals surface area contributed by atoms with Crippen LogP contribution in [-0.4, -0.2) is 24.1 Å². The number of aryl methyl sites for hydroxylation is 1. The lowest BCUT2D eigenvalue weighted by molar-refractivity contribution is 1.08. The Bertz CT molecular complexity index is 553. The van der Waals surface area contributed by atoms with Crippen molar-refractivity contribution in [2.45, 2.75) is 6.92 Å². The van der Waals surface area contributed by atoms with Crippen molar-refractivity contribution in [1.29, 1.82) is 0 Å². The van der Waals surface area contributed by atoms with Crippen molar-refractivity contribution in [2.75, 3.05) is 30.0 Å². The summed E-state index contributed by atoms with van der Waals surface area (Å²) in [6, 6.07) is 9.99. The maximum absolute atomic E-state index is 5.70. The van der Waals surface area contributed by atoms with Gasteiger partial charge in [-0.3, -0.25) is 0 Å². The first-order chi connectivity index (χ1) is 8.61. The Kier molecular flexibility index (Phi) is 3.32. The molecular weight excluding hydrogens is 226 g/mol. The van der Waals surface area contributed by atoms with Gasteiger partial charge in [0.15, 0.2) is 0 Å². The number of hydrogen-bond donors (Lipinski definition) is 2. The van der Waals surface area contributed by atoms with Gasteiger partial charge in [-0.25, -0.2) is 0 Å². The van der Waals surface area contributed by atoms with E-state index < -0.39 is 0 Å². The van der Waals surface area contributed by atoms with E-state index in [1.807, 2.05) is 36.2 Å². The van der Waals surface area contributed by atoms with Crippen LogP contribution < -0.4 is 16.0 Å². The van der Waals surface area contributed by atoms with Gasteiger partial charge in [0.2, 0.25) is 5.95 Å². The first kappa shape index (κ1) is 12.2. The van der Waals surface area contributed by atoms with Crippen molar-refractivity contribution in [1.82, 2.24) is 9.97 Å². The number of nitrogens with one attached hydrogen (secondary N) is 1. The molecule has 0 radical (unpaired) electrons. The van der Waals surface area contributed by atoms with Gasteiger partial charge in [-0.2, -0.15) is 9.97 Å². The lowest BCUT2D eigenvalue weighted by atomic mass is 10.2. The van der Waals surface area contributed by atoms with Gasteiger partial charge in [0, 0.05) is 25.8 Å². The molecule has 0 aliphatic carbocycles. The summed E-state index contributed by atoms with van der Waals surface area (Å²) in [5.41, 5.74) is 7.98. The van der Waals surface area contributed by atoms with Crippen LogP contribution in [-0.2, 0) is 0 Å². The molecule has 0 aliphatic rings. The summed E-state index contributed by atoms with van der Waals surface area (Å²) in [6.45, 7) is 2.06. The van der Waals surface area contributed by atoms with Crippen molar-refractivity contribution >= 4 is 23.3 Å². The summed E-state index contributed by atoms with van der Waals surface area (Å²) >= 11 is 0. The van der Waals surface area contributed by atoms with Gasteiger partial charge in [0.25, 0.3) is 0 Å². The van der Waals surface area contributed by atoms with E-state index in [0.717, 1.165) is 11.5 Å². The molecule has 5 heteroatoms. The van der Waals surface area contributed by atoms with Crippen LogP contribution in [0.5, 0.6) is 0 Å². The molecule has 2 rings (SSSR count). The quantitative estimate of drug-likeness (QED) is 0.864. The van der Waals surface area contributed by atoms with Gasteiger partial charge in [0.05, 0.1) is 0 Å². The zero-order chi connectivity index (χ0) is 13.1. The van der Waals surface area contributed by atoms with E-state index in [1.165, 1.54) is 5.56 Å². The number of para-hydroxylation sites is 1. The van der Waals surface area contributed by atoms with E-state index >= 15 is 0 Å². The minimum atomic E-state index is 0.261. The fraction of sp³-hybridized carbons (Fsp3) is 0.231. The Hall–Kier alpha value is -2.30. The van der Waals surface area contributed by atoms with Crippen LogP contribution in [0.25, 0.3) is 0 Å². The monoisotopic (exact) mass is 243 g/mol. The van der Waals surface area contributed by atoms with Crippen molar-refractivity contribution in [3.05, 3.63) is 35.9 Å². The second kappa shape index (κ2) is 4.91. The number of hydrogen-bond acceptors (Lipinski definition) is 5. The fourth-order valence-electron chi connectivity index (χ4n) is 1.82. The van der Waals surface area contributed by atoms with Gasteiger partial charge >= 0.3 is 0 Å². The molecule has 0 saturated heterocycles. The molecule has 0 saturated carbocycles. The smallest absolute Gasteiger partial charge is 0.223 e. The first-order valence-electron chi connectivity index (χ1n) is 5.73. The third kappa shape index (κ3) is 2.34. The van der Waals surface area contributed by atoms with Crippen LogP contribution in [0.15, 0.2) is 30.3 Å². The van der Waals surface area contributed by atoms with Crippen molar-refractivity contribution < 1.29 is 0 Å². The Balaban J connectivity index is 2.43. The average Bonchev–Trinajstić information content (AvgIpc) is 2.37. The van der Waals surface area contributed by atoms with Gasteiger partial charge < -0.3 is 16.0 Å². The van der Waals surface area contributed by atoms with Gasteiger partial charge in [-0.1, -0.05) is 18.2 Å². The number of anilines is 4. The molecule has 2 aromatic rings. The van der Waals surface area contributed by atoms with Gasteiger partial charge in [0.1, 0.15) is 11.6 Å². The maximum atomic E-state index is 5.70. The van der Waals surface area contributed by atoms with E-state index in [9.17, 15) is 0 Å². The topological polar surface area (TPSA) is 67.1 Å². The van der Waals surface area contributed by atoms with Gasteiger partial charge in [-0.15, -0.1) is 0 Å². The number of aromatic nitrogens is 2. The maximum Gasteiger partial charge on any atom is 0.223 e. The van der Waals surface area contributed by atoms with E-state index in [1.54, 1.807) is 7.05 Å². The average molecular weight is 243 g/mol. The van der Waals surface area contributed by atoms with Crippen LogP contribution >= 0.6 is 0 Å². The Morgan fingerprint density at radius 2 is 1.94 bits per heavy atom. The lowest BCUT2D eigenvalue weighted by Gasteiger charge is -2.21. The molecule has 3 N–H and O–H groups in total. The van der Waals surface area contributed by atoms with E-state index in [2.05, 4.69) is 28.3 Å². The highest BCUT2D eigenvalue weighted by molar-refractivity contribution is 5.65. The van der Waals surface area contributed by atoms with E-state index in [0.29, 0.717) is 5.82 Å². The summed E-state index contributed by atoms with van der Waals surface area (Å²) in [5.74, 6) is 1.73. The molecule has 18 heavy (non-hydrogen) atoms. The fourth-order valence-corrected chi connectivity index (χ4v) is 1.82. The number of rotatable bonds is 3. The SMILES string of the molecule is CNc1cc(N(C)c2ccccc2C)nc(N)n1. The highest BCUT2D eigenvalue weighted by Crippen LogP contribution is 2.26. The molecule has 0 aliphatic heterocycles. The zero-order valence-electron chi connectivity index (χ0n) is 10.8. The molecule has 0 bridgehead atoms. The largest absolute Gasteiger partial charge is 0.373 e. The zero-order valence-corrected chi connectivity index (χ0v) is 10.8. The molecule has 1 aromatic carbocycles. The predicted octanol–water partition coefficient (Wildman–Crippen LogP) is 2.18. The third-order valence-electron chi connectivity index (χ3n) is 2.81. The number of nitrogens with zero attached hydrogens (tertiary/aromatic N) is 3. The van der Waals surface area contributed by atoms with Gasteiger partial charge in [-0.05, 0) is 18.6 Å². The minimum absolute atomic E-state index is 0.261. The summed E-state index contributed by atoms with van der Waals surface area (Å²) < 4.78 is 0. The van der Waals surface area contributed by atoms with Crippen molar-refractivity contribution in [3.8, 4) is 0 Å². The Morgan fingerprint density at radius 3 is 2.61 bits per heavy atom. The van der Waals surface area contributed by atoms with Crippen molar-refractivity contribution in [2.24, 2.45) is 0 Å². The number of nitrogen functional groups attached to an aromatic ring is 1. The second-order valence-corrected chi connectivity index (χ2v) is 4.07. The number of nitrogens with two attached hydrogens (primary N) is 1. The summed E-state index contributed by atoms with van der Waals surface area (Å²) in [4.78, 5) is 10.3. The second-order valence-electron chi connectivity index (χ2n) is 4.07. The molecule has 0 unspecified atom stereocenters. The van der Waals surface area contributed by atoms with Crippen LogP contribution in [0, 0.1) is 6.92 Å². The standard InChI is InChI=1S/C13H17N5/c1-9-6-4-5-7-10(9)18(3)12-8-11(15-2)16-13(14)17-12/h4-8H,1-3H3,(H3,14,15,16,17). The van der Waals surface area contributed by atoms with Crippen molar-refractivity contribution in [3.63, 3.8) is 0 Å². The molecule has 0 amide bonds. The molecule has 1 heterocycles. The molecule has 5 nitrogen and oxygen atoms in total. The van der Waals surface area contributed by atoms with E-state index in [4.69, 9.17) is 5.73 Å². The van der Waals surface area contributed by atoms with Crippen LogP contribution in [0.3, 0.4) is 0 Å². The number of benzene rings is 1. The first-order valence-corrected chi connectivity index (χ1v) is 5.73. The molecule has 1 aromatic heterocycles. The molecule has 0 atom stereocenters. The molecular formula is C13H17N5. The Labute approximate surface area is 107 Å². The highest BCUT2D eigenvalue weighted by atomic mass is 15.2. The molecule has 0 spiro atoms. The molecule has 94 valence electrons. The van der Waals surface area contributed by atoms with E-state index in [-0.39, 0.29) is 5.95 Å². The van der Waals surface area contributed by atoms with Crippen LogP contribution in [0.1, 0.15) is 5.56 Å². The lowest BCUT2D eigenvalue weighted by Crippen LogP contribution is -2.14. The third-order valence-corrected chi connectivity index (χ3v) is 2.81. The predicted molar refractivity (Wildman–Crippen MR) is 75.2 cm³/mol. The summed E-state index contributed by atoms with van der Waals surface area (Å²) in [7, 11) is 3.77. The normalized spacial score (nSPS) is 10.2. The summed E-state index contributed by atoms with van der Waals surface area (Å²) in [6.07, 6.45) is 0. The molecule has 0 fully saturated rings.